The molecule has 1 aromatic heterocycles. The Hall–Kier alpha value is -4.62. The quantitative estimate of drug-likeness (QED) is 0.177. The Kier molecular flexibility index (Phi) is 9.97. The molecule has 0 unspecified atom stereocenters. The van der Waals surface area contributed by atoms with Gasteiger partial charge in [0.05, 0.1) is 22.8 Å². The van der Waals surface area contributed by atoms with Crippen LogP contribution in [0.3, 0.4) is 0 Å². The SMILES string of the molecule is C=CC(=O)Nc1cc(Nc2cc(-c3ccc(NC)c(C=N)c3)ncn2)c(OC(F)F)cc1N1CCN(C2CCOCC2)CC1. The van der Waals surface area contributed by atoms with Crippen molar-refractivity contribution < 1.29 is 23.0 Å². The minimum absolute atomic E-state index is 0.0944. The van der Waals surface area contributed by atoms with E-state index in [-0.39, 0.29) is 11.4 Å². The Balaban J connectivity index is 1.45. The van der Waals surface area contributed by atoms with Gasteiger partial charge in [0, 0.05) is 87.6 Å². The van der Waals surface area contributed by atoms with Crippen molar-refractivity contribution in [3.8, 4) is 17.0 Å². The first-order chi connectivity index (χ1) is 21.4. The molecule has 3 aromatic rings. The molecule has 0 radical (unpaired) electrons. The highest BCUT2D eigenvalue weighted by molar-refractivity contribution is 6.02. The molecule has 0 atom stereocenters. The van der Waals surface area contributed by atoms with E-state index in [4.69, 9.17) is 14.9 Å². The van der Waals surface area contributed by atoms with Gasteiger partial charge in [-0.2, -0.15) is 8.78 Å². The fourth-order valence-electron chi connectivity index (χ4n) is 5.57. The molecule has 13 heteroatoms. The van der Waals surface area contributed by atoms with E-state index < -0.39 is 12.5 Å². The number of rotatable bonds is 11. The summed E-state index contributed by atoms with van der Waals surface area (Å²) in [6.45, 7) is 4.87. The van der Waals surface area contributed by atoms with Crippen molar-refractivity contribution in [2.45, 2.75) is 25.5 Å². The third-order valence-electron chi connectivity index (χ3n) is 7.82. The second-order valence-corrected chi connectivity index (χ2v) is 10.4. The largest absolute Gasteiger partial charge is 0.433 e. The summed E-state index contributed by atoms with van der Waals surface area (Å²) in [5.41, 5.74) is 3.95. The van der Waals surface area contributed by atoms with Gasteiger partial charge >= 0.3 is 6.61 Å². The minimum atomic E-state index is -3.08. The van der Waals surface area contributed by atoms with Crippen molar-refractivity contribution in [2.75, 3.05) is 67.3 Å². The highest BCUT2D eigenvalue weighted by atomic mass is 19.3. The zero-order chi connectivity index (χ0) is 31.1. The number of piperazine rings is 1. The summed E-state index contributed by atoms with van der Waals surface area (Å²) in [6, 6.07) is 10.7. The lowest BCUT2D eigenvalue weighted by molar-refractivity contribution is -0.111. The van der Waals surface area contributed by atoms with Gasteiger partial charge < -0.3 is 35.7 Å². The van der Waals surface area contributed by atoms with Crippen LogP contribution in [0.4, 0.5) is 37.3 Å². The van der Waals surface area contributed by atoms with Gasteiger partial charge in [0.2, 0.25) is 5.91 Å². The summed E-state index contributed by atoms with van der Waals surface area (Å²) in [4.78, 5) is 25.6. The molecule has 4 N–H and O–H groups in total. The topological polar surface area (TPSA) is 128 Å². The van der Waals surface area contributed by atoms with E-state index in [1.165, 1.54) is 18.6 Å². The zero-order valence-electron chi connectivity index (χ0n) is 24.5. The third-order valence-corrected chi connectivity index (χ3v) is 7.82. The van der Waals surface area contributed by atoms with Crippen molar-refractivity contribution in [1.82, 2.24) is 14.9 Å². The van der Waals surface area contributed by atoms with Crippen LogP contribution in [-0.4, -0.2) is 86.1 Å². The molecule has 2 aromatic carbocycles. The first-order valence-electron chi connectivity index (χ1n) is 14.4. The number of benzene rings is 2. The highest BCUT2D eigenvalue weighted by Gasteiger charge is 2.28. The van der Waals surface area contributed by atoms with E-state index in [0.29, 0.717) is 47.6 Å². The molecule has 11 nitrogen and oxygen atoms in total. The van der Waals surface area contributed by atoms with E-state index in [2.05, 4.69) is 42.3 Å². The molecule has 2 aliphatic rings. The average Bonchev–Trinajstić information content (AvgIpc) is 3.05. The number of alkyl halides is 2. The molecule has 0 saturated carbocycles. The molecular formula is C31H36F2N8O3. The Labute approximate surface area is 254 Å². The normalized spacial score (nSPS) is 16.0. The monoisotopic (exact) mass is 606 g/mol. The molecular weight excluding hydrogens is 570 g/mol. The van der Waals surface area contributed by atoms with Crippen LogP contribution in [0, 0.1) is 5.41 Å². The molecule has 5 rings (SSSR count). The average molecular weight is 607 g/mol. The lowest BCUT2D eigenvalue weighted by Crippen LogP contribution is -2.51. The second kappa shape index (κ2) is 14.2. The molecule has 2 aliphatic heterocycles. The summed E-state index contributed by atoms with van der Waals surface area (Å²) >= 11 is 0. The Morgan fingerprint density at radius 1 is 1.09 bits per heavy atom. The molecule has 44 heavy (non-hydrogen) atoms. The van der Waals surface area contributed by atoms with E-state index in [1.807, 2.05) is 18.2 Å². The number of ether oxygens (including phenoxy) is 2. The number of hydrogen-bond acceptors (Lipinski definition) is 10. The van der Waals surface area contributed by atoms with Crippen molar-refractivity contribution in [3.63, 3.8) is 0 Å². The fourth-order valence-corrected chi connectivity index (χ4v) is 5.57. The lowest BCUT2D eigenvalue weighted by atomic mass is 10.1. The molecule has 0 spiro atoms. The lowest BCUT2D eigenvalue weighted by Gasteiger charge is -2.42. The van der Waals surface area contributed by atoms with Crippen molar-refractivity contribution in [3.05, 3.63) is 60.9 Å². The number of carbonyl (C=O) groups excluding carboxylic acids is 1. The number of carbonyl (C=O) groups is 1. The fraction of sp³-hybridized carbons (Fsp3) is 0.355. The maximum absolute atomic E-state index is 13.6. The van der Waals surface area contributed by atoms with Crippen LogP contribution in [0.1, 0.15) is 18.4 Å². The Bertz CT molecular complexity index is 1490. The van der Waals surface area contributed by atoms with Gasteiger partial charge in [0.25, 0.3) is 0 Å². The van der Waals surface area contributed by atoms with Crippen molar-refractivity contribution in [2.24, 2.45) is 0 Å². The Morgan fingerprint density at radius 2 is 1.86 bits per heavy atom. The molecule has 0 bridgehead atoms. The number of anilines is 5. The maximum Gasteiger partial charge on any atom is 0.387 e. The van der Waals surface area contributed by atoms with Gasteiger partial charge in [-0.05, 0) is 37.1 Å². The summed E-state index contributed by atoms with van der Waals surface area (Å²) in [6.07, 6.45) is 5.73. The van der Waals surface area contributed by atoms with Gasteiger partial charge in [-0.15, -0.1) is 0 Å². The number of amides is 1. The molecule has 2 fully saturated rings. The van der Waals surface area contributed by atoms with Gasteiger partial charge in [-0.1, -0.05) is 12.6 Å². The third kappa shape index (κ3) is 7.29. The van der Waals surface area contributed by atoms with Crippen LogP contribution in [0.2, 0.25) is 0 Å². The predicted octanol–water partition coefficient (Wildman–Crippen LogP) is 4.95. The summed E-state index contributed by atoms with van der Waals surface area (Å²) in [5, 5.41) is 16.7. The molecule has 0 aliphatic carbocycles. The smallest absolute Gasteiger partial charge is 0.387 e. The maximum atomic E-state index is 13.6. The number of nitrogens with one attached hydrogen (secondary N) is 4. The van der Waals surface area contributed by atoms with Crippen LogP contribution in [0.25, 0.3) is 11.3 Å². The van der Waals surface area contributed by atoms with Crippen LogP contribution in [-0.2, 0) is 9.53 Å². The zero-order valence-corrected chi connectivity index (χ0v) is 24.5. The first-order valence-corrected chi connectivity index (χ1v) is 14.4. The molecule has 1 amide bonds. The molecule has 232 valence electrons. The van der Waals surface area contributed by atoms with E-state index in [1.54, 1.807) is 19.2 Å². The number of halogens is 2. The van der Waals surface area contributed by atoms with Crippen LogP contribution >= 0.6 is 0 Å². The van der Waals surface area contributed by atoms with Crippen molar-refractivity contribution in [1.29, 1.82) is 5.41 Å². The Morgan fingerprint density at radius 3 is 2.55 bits per heavy atom. The number of nitrogens with zero attached hydrogens (tertiary/aromatic N) is 4. The standard InChI is InChI=1S/C31H36F2N8O3/c1-3-30(42)39-25-15-26(38-29-16-24(36-19-37-29)20-4-5-23(35-2)21(14-20)18-34)28(44-31(32)33)17-27(25)41-10-8-40(9-11-41)22-6-12-43-13-7-22/h3-5,14-19,22,31,34-35H,1,6-13H2,2H3,(H,39,42)(H,36,37,38). The van der Waals surface area contributed by atoms with Gasteiger partial charge in [-0.3, -0.25) is 9.69 Å². The van der Waals surface area contributed by atoms with Crippen LogP contribution in [0.15, 0.2) is 55.4 Å². The van der Waals surface area contributed by atoms with Crippen LogP contribution < -0.4 is 25.6 Å². The van der Waals surface area contributed by atoms with E-state index in [0.717, 1.165) is 56.5 Å². The summed E-state index contributed by atoms with van der Waals surface area (Å²) in [5.74, 6) is -0.206. The van der Waals surface area contributed by atoms with Gasteiger partial charge in [0.15, 0.2) is 5.75 Å². The first kappa shape index (κ1) is 30.8. The van der Waals surface area contributed by atoms with Gasteiger partial charge in [-0.25, -0.2) is 9.97 Å². The number of hydrogen-bond donors (Lipinski definition) is 4. The molecule has 2 saturated heterocycles. The van der Waals surface area contributed by atoms with Crippen molar-refractivity contribution >= 4 is 40.7 Å². The van der Waals surface area contributed by atoms with Gasteiger partial charge in [0.1, 0.15) is 12.1 Å². The van der Waals surface area contributed by atoms with E-state index >= 15 is 0 Å². The highest BCUT2D eigenvalue weighted by Crippen LogP contribution is 2.40. The summed E-state index contributed by atoms with van der Waals surface area (Å²) in [7, 11) is 1.78. The predicted molar refractivity (Wildman–Crippen MR) is 168 cm³/mol. The van der Waals surface area contributed by atoms with Crippen LogP contribution in [0.5, 0.6) is 5.75 Å². The summed E-state index contributed by atoms with van der Waals surface area (Å²) < 4.78 is 37.8. The number of aromatic nitrogens is 2. The molecule has 3 heterocycles. The second-order valence-electron chi connectivity index (χ2n) is 10.4. The minimum Gasteiger partial charge on any atom is -0.433 e. The van der Waals surface area contributed by atoms with E-state index in [9.17, 15) is 13.6 Å².